The smallest absolute Gasteiger partial charge is 0.395 e. The van der Waals surface area contributed by atoms with Crippen molar-refractivity contribution in [3.05, 3.63) is 30.3 Å². The van der Waals surface area contributed by atoms with Crippen molar-refractivity contribution in [2.75, 3.05) is 0 Å². The van der Waals surface area contributed by atoms with E-state index in [9.17, 15) is 9.69 Å². The predicted octanol–water partition coefficient (Wildman–Crippen LogP) is 3.19. The van der Waals surface area contributed by atoms with Gasteiger partial charge in [-0.05, 0) is 44.7 Å². The van der Waals surface area contributed by atoms with Crippen molar-refractivity contribution < 1.29 is 18.9 Å². The fourth-order valence-corrected chi connectivity index (χ4v) is 2.96. The maximum atomic E-state index is 11.9. The van der Waals surface area contributed by atoms with Gasteiger partial charge in [-0.1, -0.05) is 29.4 Å². The number of benzene rings is 1. The van der Waals surface area contributed by atoms with Gasteiger partial charge in [0.1, 0.15) is 6.10 Å². The van der Waals surface area contributed by atoms with Gasteiger partial charge in [0.05, 0.1) is 0 Å². The highest BCUT2D eigenvalue weighted by Gasteiger charge is 2.23. The van der Waals surface area contributed by atoms with E-state index in [1.54, 1.807) is 31.2 Å². The summed E-state index contributed by atoms with van der Waals surface area (Å²) < 4.78 is 14.4. The van der Waals surface area contributed by atoms with E-state index in [1.165, 1.54) is 6.42 Å². The Balaban J connectivity index is 1.85. The third-order valence-electron chi connectivity index (χ3n) is 3.37. The van der Waals surface area contributed by atoms with Crippen LogP contribution in [0, 0.1) is 0 Å². The number of nitrogens with zero attached hydrogens (tertiary/aromatic N) is 1. The van der Waals surface area contributed by atoms with Gasteiger partial charge in [-0.3, -0.25) is 4.52 Å². The summed E-state index contributed by atoms with van der Waals surface area (Å²) in [5.41, 5.74) is 0. The number of hydrogen-bond donors (Lipinski definition) is 0. The second-order valence-electron chi connectivity index (χ2n) is 5.13. The molecule has 2 atom stereocenters. The van der Waals surface area contributed by atoms with Crippen molar-refractivity contribution in [3.63, 3.8) is 0 Å². The molecule has 1 aliphatic rings. The molecular weight excluding hydrogens is 289 g/mol. The lowest BCUT2D eigenvalue weighted by molar-refractivity contribution is -0.170. The number of hydrogen-bond acceptors (Lipinski definition) is 5. The number of rotatable bonds is 5. The minimum absolute atomic E-state index is 0.0168. The quantitative estimate of drug-likeness (QED) is 0.618. The molecule has 0 amide bonds. The molecule has 1 fully saturated rings. The van der Waals surface area contributed by atoms with Crippen molar-refractivity contribution in [2.24, 2.45) is 4.74 Å². The second-order valence-corrected chi connectivity index (χ2v) is 6.02. The Morgan fingerprint density at radius 2 is 1.95 bits per heavy atom. The molecule has 1 unspecified atom stereocenters. The zero-order valence-corrected chi connectivity index (χ0v) is 13.0. The van der Waals surface area contributed by atoms with Crippen LogP contribution < -0.4 is 9.42 Å². The normalized spacial score (nSPS) is 18.1. The summed E-state index contributed by atoms with van der Waals surface area (Å²) in [6.45, 7) is 1.58. The molecule has 5 nitrogen and oxygen atoms in total. The van der Waals surface area contributed by atoms with Crippen LogP contribution in [0.5, 0.6) is 5.75 Å². The summed E-state index contributed by atoms with van der Waals surface area (Å²) in [4.78, 5) is 23.7. The van der Waals surface area contributed by atoms with Crippen molar-refractivity contribution in [3.8, 4) is 5.75 Å². The molecule has 0 N–H and O–H groups in total. The molecule has 0 heterocycles. The van der Waals surface area contributed by atoms with E-state index >= 15 is 0 Å². The summed E-state index contributed by atoms with van der Waals surface area (Å²) in [5.74, 6) is 0.0390. The fourth-order valence-electron chi connectivity index (χ4n) is 2.23. The zero-order valence-electron chi connectivity index (χ0n) is 12.1. The van der Waals surface area contributed by atoms with E-state index in [0.29, 0.717) is 5.75 Å². The lowest BCUT2D eigenvalue weighted by atomic mass is 9.98. The van der Waals surface area contributed by atoms with Gasteiger partial charge < -0.3 is 9.63 Å². The lowest BCUT2D eigenvalue weighted by Gasteiger charge is -2.22. The van der Waals surface area contributed by atoms with Crippen molar-refractivity contribution in [1.29, 1.82) is 0 Å². The highest BCUT2D eigenvalue weighted by molar-refractivity contribution is 7.34. The average molecular weight is 309 g/mol. The standard InChI is InChI=1S/C15H20NO4P/c1-12(15(17)19-13-8-4-2-5-9-13)16-21(18)20-14-10-6-3-7-11-14/h3,6-7,10-13H,2,4-5,8-9H2,1H3/t12-/m0/s1. The SMILES string of the molecule is C[C@H](N=[P+]([O-])Oc1ccccc1)C(=O)OC1CCCCC1. The van der Waals surface area contributed by atoms with Gasteiger partial charge >= 0.3 is 14.1 Å². The summed E-state index contributed by atoms with van der Waals surface area (Å²) in [7, 11) is -2.28. The average Bonchev–Trinajstić information content (AvgIpc) is 2.49. The van der Waals surface area contributed by atoms with Crippen molar-refractivity contribution >= 4 is 14.1 Å². The van der Waals surface area contributed by atoms with Crippen LogP contribution in [-0.4, -0.2) is 18.1 Å². The molecule has 1 aliphatic carbocycles. The maximum absolute atomic E-state index is 11.9. The van der Waals surface area contributed by atoms with Crippen LogP contribution in [0.3, 0.4) is 0 Å². The number of carbonyl (C=O) groups excluding carboxylic acids is 1. The van der Waals surface area contributed by atoms with Crippen LogP contribution in [0.1, 0.15) is 39.0 Å². The second kappa shape index (κ2) is 8.11. The first-order chi connectivity index (χ1) is 10.1. The number of para-hydroxylation sites is 1. The van der Waals surface area contributed by atoms with Crippen LogP contribution in [0.4, 0.5) is 0 Å². The molecule has 0 saturated heterocycles. The molecule has 2 rings (SSSR count). The predicted molar refractivity (Wildman–Crippen MR) is 78.8 cm³/mol. The van der Waals surface area contributed by atoms with Gasteiger partial charge in [0.25, 0.3) is 0 Å². The Morgan fingerprint density at radius 1 is 1.29 bits per heavy atom. The first-order valence-electron chi connectivity index (χ1n) is 7.26. The van der Waals surface area contributed by atoms with Crippen molar-refractivity contribution in [1.82, 2.24) is 0 Å². The number of esters is 1. The molecule has 0 aliphatic heterocycles. The molecule has 0 aromatic heterocycles. The maximum Gasteiger partial charge on any atom is 0.395 e. The zero-order chi connectivity index (χ0) is 15.1. The Bertz CT molecular complexity index is 486. The van der Waals surface area contributed by atoms with E-state index in [2.05, 4.69) is 4.74 Å². The Kier molecular flexibility index (Phi) is 6.15. The van der Waals surface area contributed by atoms with E-state index < -0.39 is 20.2 Å². The first kappa shape index (κ1) is 15.9. The monoisotopic (exact) mass is 309 g/mol. The highest BCUT2D eigenvalue weighted by Crippen LogP contribution is 2.25. The molecule has 0 radical (unpaired) electrons. The van der Waals surface area contributed by atoms with Gasteiger partial charge in [-0.15, -0.1) is 0 Å². The van der Waals surface area contributed by atoms with Crippen molar-refractivity contribution in [2.45, 2.75) is 51.2 Å². The molecule has 114 valence electrons. The van der Waals surface area contributed by atoms with Gasteiger partial charge in [0, 0.05) is 0 Å². The highest BCUT2D eigenvalue weighted by atomic mass is 31.1. The first-order valence-corrected chi connectivity index (χ1v) is 8.39. The number of carbonyl (C=O) groups is 1. The van der Waals surface area contributed by atoms with Gasteiger partial charge in [-0.25, -0.2) is 4.79 Å². The number of ether oxygens (including phenoxy) is 1. The third-order valence-corrected chi connectivity index (χ3v) is 4.27. The van der Waals surface area contributed by atoms with E-state index in [4.69, 9.17) is 9.26 Å². The fraction of sp³-hybridized carbons (Fsp3) is 0.533. The molecule has 1 aromatic carbocycles. The lowest BCUT2D eigenvalue weighted by Crippen LogP contribution is -2.26. The largest absolute Gasteiger partial charge is 0.575 e. The van der Waals surface area contributed by atoms with Gasteiger partial charge in [0.2, 0.25) is 0 Å². The Morgan fingerprint density at radius 3 is 2.62 bits per heavy atom. The topological polar surface area (TPSA) is 71.0 Å². The van der Waals surface area contributed by atoms with Crippen LogP contribution in [0.15, 0.2) is 35.1 Å². The summed E-state index contributed by atoms with van der Waals surface area (Å²) in [6, 6.07) is 7.99. The van der Waals surface area contributed by atoms with Crippen LogP contribution >= 0.6 is 8.17 Å². The minimum Gasteiger partial charge on any atom is -0.575 e. The van der Waals surface area contributed by atoms with E-state index in [-0.39, 0.29) is 6.10 Å². The van der Waals surface area contributed by atoms with Crippen LogP contribution in [0.2, 0.25) is 0 Å². The van der Waals surface area contributed by atoms with Crippen LogP contribution in [-0.2, 0) is 9.53 Å². The molecule has 0 spiro atoms. The molecule has 21 heavy (non-hydrogen) atoms. The Hall–Kier alpha value is -1.45. The van der Waals surface area contributed by atoms with E-state index in [1.807, 2.05) is 6.07 Å². The van der Waals surface area contributed by atoms with Crippen LogP contribution in [0.25, 0.3) is 0 Å². The summed E-state index contributed by atoms with van der Waals surface area (Å²) in [6.07, 6.45) is 5.18. The third kappa shape index (κ3) is 5.44. The molecular formula is C15H20NO4P. The Labute approximate surface area is 125 Å². The summed E-state index contributed by atoms with van der Waals surface area (Å²) in [5, 5.41) is 0. The molecule has 1 saturated carbocycles. The molecule has 1 aromatic rings. The van der Waals surface area contributed by atoms with E-state index in [0.717, 1.165) is 25.7 Å². The minimum atomic E-state index is -2.28. The summed E-state index contributed by atoms with van der Waals surface area (Å²) >= 11 is 0. The van der Waals surface area contributed by atoms with Gasteiger partial charge in [-0.2, -0.15) is 0 Å². The van der Waals surface area contributed by atoms with Gasteiger partial charge in [0.15, 0.2) is 11.8 Å². The molecule has 6 heteroatoms. The molecule has 0 bridgehead atoms.